The molecule has 3 rings (SSSR count). The van der Waals surface area contributed by atoms with Gasteiger partial charge in [-0.1, -0.05) is 12.1 Å². The predicted molar refractivity (Wildman–Crippen MR) is 93.3 cm³/mol. The molecule has 0 saturated carbocycles. The summed E-state index contributed by atoms with van der Waals surface area (Å²) in [6, 6.07) is 4.38. The largest absolute Gasteiger partial charge is 0.318 e. The number of hydrogen-bond acceptors (Lipinski definition) is 6. The monoisotopic (exact) mass is 358 g/mol. The number of hydrogen-bond donors (Lipinski definition) is 3. The smallest absolute Gasteiger partial charge is 0.262 e. The van der Waals surface area contributed by atoms with Gasteiger partial charge in [0.15, 0.2) is 0 Å². The van der Waals surface area contributed by atoms with E-state index in [0.29, 0.717) is 17.7 Å². The van der Waals surface area contributed by atoms with Crippen LogP contribution in [0.2, 0.25) is 0 Å². The van der Waals surface area contributed by atoms with Gasteiger partial charge in [0.1, 0.15) is 6.04 Å². The first-order valence-electron chi connectivity index (χ1n) is 8.65. The Morgan fingerprint density at radius 3 is 2.69 bits per heavy atom. The summed E-state index contributed by atoms with van der Waals surface area (Å²) >= 11 is 0. The second kappa shape index (κ2) is 7.35. The minimum atomic E-state index is -0.941. The third kappa shape index (κ3) is 3.25. The molecule has 0 aliphatic carbocycles. The number of carbonyl (C=O) groups excluding carboxylic acids is 4. The minimum Gasteiger partial charge on any atom is -0.318 e. The number of likely N-dealkylation sites (N-methyl/N-ethyl adjacent to an activating group) is 1. The molecule has 8 nitrogen and oxygen atoms in total. The lowest BCUT2D eigenvalue weighted by Gasteiger charge is -2.27. The van der Waals surface area contributed by atoms with Crippen molar-refractivity contribution in [2.45, 2.75) is 38.4 Å². The van der Waals surface area contributed by atoms with Gasteiger partial charge in [0.05, 0.1) is 11.1 Å². The number of imide groups is 2. The van der Waals surface area contributed by atoms with Gasteiger partial charge in [-0.25, -0.2) is 0 Å². The molecule has 0 radical (unpaired) electrons. The summed E-state index contributed by atoms with van der Waals surface area (Å²) in [7, 11) is 1.86. The molecule has 26 heavy (non-hydrogen) atoms. The highest BCUT2D eigenvalue weighted by Crippen LogP contribution is 2.29. The van der Waals surface area contributed by atoms with E-state index in [1.165, 1.54) is 0 Å². The van der Waals surface area contributed by atoms with Crippen molar-refractivity contribution in [2.75, 3.05) is 13.6 Å². The highest BCUT2D eigenvalue weighted by molar-refractivity contribution is 6.24. The molecule has 2 aliphatic heterocycles. The highest BCUT2D eigenvalue weighted by Gasteiger charge is 2.45. The Labute approximate surface area is 151 Å². The van der Waals surface area contributed by atoms with Crippen molar-refractivity contribution in [3.63, 3.8) is 0 Å². The van der Waals surface area contributed by atoms with E-state index >= 15 is 0 Å². The van der Waals surface area contributed by atoms with Gasteiger partial charge in [-0.15, -0.1) is 0 Å². The van der Waals surface area contributed by atoms with Gasteiger partial charge in [-0.2, -0.15) is 0 Å². The molecule has 138 valence electrons. The molecule has 4 amide bonds. The molecule has 2 atom stereocenters. The van der Waals surface area contributed by atoms with Crippen LogP contribution in [0.3, 0.4) is 0 Å². The Morgan fingerprint density at radius 2 is 2.00 bits per heavy atom. The van der Waals surface area contributed by atoms with Crippen LogP contribution in [0.1, 0.15) is 46.0 Å². The summed E-state index contributed by atoms with van der Waals surface area (Å²) in [5.41, 5.74) is 1.37. The van der Waals surface area contributed by atoms with E-state index < -0.39 is 23.8 Å². The molecule has 0 bridgehead atoms. The van der Waals surface area contributed by atoms with Crippen molar-refractivity contribution in [2.24, 2.45) is 0 Å². The molecule has 0 spiro atoms. The summed E-state index contributed by atoms with van der Waals surface area (Å²) in [5.74, 6) is -1.94. The zero-order valence-electron chi connectivity index (χ0n) is 14.8. The number of rotatable bonds is 6. The Hall–Kier alpha value is -2.58. The van der Waals surface area contributed by atoms with Gasteiger partial charge in [0.2, 0.25) is 11.8 Å². The van der Waals surface area contributed by atoms with E-state index in [-0.39, 0.29) is 24.8 Å². The predicted octanol–water partition coefficient (Wildman–Crippen LogP) is -0.215. The molecule has 1 fully saturated rings. The number of fused-ring (bicyclic) bond motifs is 1. The van der Waals surface area contributed by atoms with Crippen LogP contribution in [0, 0.1) is 0 Å². The molecule has 0 aromatic heterocycles. The maximum absolute atomic E-state index is 12.9. The SMILES string of the molecule is CNCC(C)NCc1cccc2c1C(=O)N(C1CCC(=O)NC1=O)C2=O. The average Bonchev–Trinajstić information content (AvgIpc) is 2.85. The van der Waals surface area contributed by atoms with Crippen LogP contribution in [0.5, 0.6) is 0 Å². The van der Waals surface area contributed by atoms with Gasteiger partial charge < -0.3 is 10.6 Å². The summed E-state index contributed by atoms with van der Waals surface area (Å²) in [6.07, 6.45) is 0.267. The van der Waals surface area contributed by atoms with Gasteiger partial charge in [-0.3, -0.25) is 29.4 Å². The first kappa shape index (κ1) is 18.2. The lowest BCUT2D eigenvalue weighted by molar-refractivity contribution is -0.136. The fraction of sp³-hybridized carbons (Fsp3) is 0.444. The molecule has 2 heterocycles. The van der Waals surface area contributed by atoms with E-state index in [9.17, 15) is 19.2 Å². The van der Waals surface area contributed by atoms with Crippen LogP contribution in [-0.2, 0) is 16.1 Å². The van der Waals surface area contributed by atoms with Crippen molar-refractivity contribution in [1.82, 2.24) is 20.9 Å². The molecule has 1 aromatic carbocycles. The lowest BCUT2D eigenvalue weighted by Crippen LogP contribution is -2.54. The zero-order valence-corrected chi connectivity index (χ0v) is 14.8. The van der Waals surface area contributed by atoms with E-state index in [0.717, 1.165) is 17.0 Å². The first-order valence-corrected chi connectivity index (χ1v) is 8.65. The lowest BCUT2D eigenvalue weighted by atomic mass is 10.0. The zero-order chi connectivity index (χ0) is 18.8. The summed E-state index contributed by atoms with van der Waals surface area (Å²) < 4.78 is 0. The highest BCUT2D eigenvalue weighted by atomic mass is 16.2. The minimum absolute atomic E-state index is 0.111. The van der Waals surface area contributed by atoms with Crippen LogP contribution in [-0.4, -0.2) is 54.2 Å². The normalized spacial score (nSPS) is 21.0. The first-order chi connectivity index (χ1) is 12.4. The van der Waals surface area contributed by atoms with Crippen LogP contribution in [0.4, 0.5) is 0 Å². The molecule has 8 heteroatoms. The van der Waals surface area contributed by atoms with Gasteiger partial charge in [0, 0.05) is 25.6 Å². The standard InChI is InChI=1S/C18H22N4O4/c1-10(8-19-2)20-9-11-4-3-5-12-15(11)18(26)22(17(12)25)13-6-7-14(23)21-16(13)24/h3-5,10,13,19-20H,6-9H2,1-2H3,(H,21,23,24). The van der Waals surface area contributed by atoms with Crippen molar-refractivity contribution in [3.05, 3.63) is 34.9 Å². The molecule has 1 aromatic rings. The Bertz CT molecular complexity index is 776. The topological polar surface area (TPSA) is 108 Å². The van der Waals surface area contributed by atoms with Gasteiger partial charge >= 0.3 is 0 Å². The number of benzene rings is 1. The molecular formula is C18H22N4O4. The van der Waals surface area contributed by atoms with E-state index in [2.05, 4.69) is 16.0 Å². The quantitative estimate of drug-likeness (QED) is 0.607. The molecular weight excluding hydrogens is 336 g/mol. The summed E-state index contributed by atoms with van der Waals surface area (Å²) in [4.78, 5) is 50.1. The van der Waals surface area contributed by atoms with Crippen LogP contribution >= 0.6 is 0 Å². The van der Waals surface area contributed by atoms with Crippen LogP contribution in [0.25, 0.3) is 0 Å². The fourth-order valence-corrected chi connectivity index (χ4v) is 3.39. The molecule has 2 aliphatic rings. The number of carbonyl (C=O) groups is 4. The maximum atomic E-state index is 12.9. The number of amides is 4. The molecule has 2 unspecified atom stereocenters. The van der Waals surface area contributed by atoms with E-state index in [4.69, 9.17) is 0 Å². The van der Waals surface area contributed by atoms with Gasteiger partial charge in [0.25, 0.3) is 11.8 Å². The Morgan fingerprint density at radius 1 is 1.23 bits per heavy atom. The van der Waals surface area contributed by atoms with Crippen molar-refractivity contribution >= 4 is 23.6 Å². The van der Waals surface area contributed by atoms with E-state index in [1.807, 2.05) is 14.0 Å². The second-order valence-electron chi connectivity index (χ2n) is 6.63. The summed E-state index contributed by atoms with van der Waals surface area (Å²) in [5, 5.41) is 8.57. The second-order valence-corrected chi connectivity index (χ2v) is 6.63. The maximum Gasteiger partial charge on any atom is 0.262 e. The van der Waals surface area contributed by atoms with Crippen molar-refractivity contribution in [1.29, 1.82) is 0 Å². The fourth-order valence-electron chi connectivity index (χ4n) is 3.39. The van der Waals surface area contributed by atoms with Crippen molar-refractivity contribution < 1.29 is 19.2 Å². The average molecular weight is 358 g/mol. The van der Waals surface area contributed by atoms with Gasteiger partial charge in [-0.05, 0) is 32.0 Å². The van der Waals surface area contributed by atoms with Crippen molar-refractivity contribution in [3.8, 4) is 0 Å². The van der Waals surface area contributed by atoms with Crippen LogP contribution < -0.4 is 16.0 Å². The Balaban J connectivity index is 1.84. The Kier molecular flexibility index (Phi) is 5.15. The van der Waals surface area contributed by atoms with Crippen LogP contribution in [0.15, 0.2) is 18.2 Å². The number of nitrogens with one attached hydrogen (secondary N) is 3. The van der Waals surface area contributed by atoms with E-state index in [1.54, 1.807) is 18.2 Å². The number of piperidine rings is 1. The summed E-state index contributed by atoms with van der Waals surface area (Å²) in [6.45, 7) is 3.22. The third-order valence-corrected chi connectivity index (χ3v) is 4.71. The number of nitrogens with zero attached hydrogens (tertiary/aromatic N) is 1. The molecule has 3 N–H and O–H groups in total. The molecule has 1 saturated heterocycles. The third-order valence-electron chi connectivity index (χ3n) is 4.71.